The topological polar surface area (TPSA) is 41.6 Å². The lowest BCUT2D eigenvalue weighted by Crippen LogP contribution is -2.19. The van der Waals surface area contributed by atoms with E-state index in [0.29, 0.717) is 0 Å². The number of nitrogens with two attached hydrogens (primary N) is 1. The van der Waals surface area contributed by atoms with Crippen LogP contribution in [0.1, 0.15) is 25.3 Å². The van der Waals surface area contributed by atoms with Crippen LogP contribution in [0.25, 0.3) is 0 Å². The SMILES string of the molecule is C/C=N\N(C)c1cccc(C2(N)CC2)c1. The number of rotatable bonds is 3. The lowest BCUT2D eigenvalue weighted by molar-refractivity contribution is 0.739. The van der Waals surface area contributed by atoms with Crippen molar-refractivity contribution in [1.82, 2.24) is 0 Å². The van der Waals surface area contributed by atoms with E-state index in [-0.39, 0.29) is 5.54 Å². The van der Waals surface area contributed by atoms with Crippen LogP contribution >= 0.6 is 0 Å². The summed E-state index contributed by atoms with van der Waals surface area (Å²) in [4.78, 5) is 0. The third kappa shape index (κ3) is 2.02. The van der Waals surface area contributed by atoms with E-state index < -0.39 is 0 Å². The Morgan fingerprint density at radius 1 is 1.47 bits per heavy atom. The van der Waals surface area contributed by atoms with Gasteiger partial charge >= 0.3 is 0 Å². The van der Waals surface area contributed by atoms with E-state index in [2.05, 4.69) is 17.2 Å². The van der Waals surface area contributed by atoms with Gasteiger partial charge in [-0.15, -0.1) is 0 Å². The van der Waals surface area contributed by atoms with Crippen molar-refractivity contribution in [2.75, 3.05) is 12.1 Å². The van der Waals surface area contributed by atoms with Crippen molar-refractivity contribution in [1.29, 1.82) is 0 Å². The number of nitrogens with zero attached hydrogens (tertiary/aromatic N) is 2. The van der Waals surface area contributed by atoms with Crippen molar-refractivity contribution in [3.63, 3.8) is 0 Å². The van der Waals surface area contributed by atoms with Crippen LogP contribution in [0.3, 0.4) is 0 Å². The van der Waals surface area contributed by atoms with Crippen LogP contribution in [0.15, 0.2) is 29.4 Å². The zero-order chi connectivity index (χ0) is 10.9. The molecule has 1 aromatic carbocycles. The average molecular weight is 203 g/mol. The van der Waals surface area contributed by atoms with Crippen molar-refractivity contribution in [2.24, 2.45) is 10.8 Å². The molecule has 0 saturated heterocycles. The fraction of sp³-hybridized carbons (Fsp3) is 0.417. The van der Waals surface area contributed by atoms with Gasteiger partial charge in [-0.25, -0.2) is 0 Å². The number of benzene rings is 1. The molecule has 0 spiro atoms. The molecular weight excluding hydrogens is 186 g/mol. The van der Waals surface area contributed by atoms with Gasteiger partial charge in [0.25, 0.3) is 0 Å². The van der Waals surface area contributed by atoms with E-state index in [4.69, 9.17) is 5.73 Å². The highest BCUT2D eigenvalue weighted by Gasteiger charge is 2.39. The molecule has 0 unspecified atom stereocenters. The van der Waals surface area contributed by atoms with Crippen molar-refractivity contribution < 1.29 is 0 Å². The highest BCUT2D eigenvalue weighted by molar-refractivity contribution is 5.58. The predicted molar refractivity (Wildman–Crippen MR) is 64.1 cm³/mol. The largest absolute Gasteiger partial charge is 0.321 e. The Morgan fingerprint density at radius 3 is 2.80 bits per heavy atom. The Morgan fingerprint density at radius 2 is 2.20 bits per heavy atom. The van der Waals surface area contributed by atoms with Crippen LogP contribution in [0.5, 0.6) is 0 Å². The molecule has 0 bridgehead atoms. The van der Waals surface area contributed by atoms with Gasteiger partial charge < -0.3 is 5.73 Å². The molecule has 80 valence electrons. The van der Waals surface area contributed by atoms with Crippen LogP contribution in [0.4, 0.5) is 5.69 Å². The molecule has 1 fully saturated rings. The van der Waals surface area contributed by atoms with Crippen LogP contribution in [-0.2, 0) is 5.54 Å². The van der Waals surface area contributed by atoms with Crippen LogP contribution < -0.4 is 10.7 Å². The minimum atomic E-state index is -0.0627. The first-order valence-corrected chi connectivity index (χ1v) is 5.27. The summed E-state index contributed by atoms with van der Waals surface area (Å²) in [5.74, 6) is 0. The summed E-state index contributed by atoms with van der Waals surface area (Å²) in [6.07, 6.45) is 3.97. The highest BCUT2D eigenvalue weighted by Crippen LogP contribution is 2.43. The fourth-order valence-electron chi connectivity index (χ4n) is 1.68. The lowest BCUT2D eigenvalue weighted by Gasteiger charge is -2.16. The third-order valence-electron chi connectivity index (χ3n) is 2.87. The molecule has 2 rings (SSSR count). The summed E-state index contributed by atoms with van der Waals surface area (Å²) >= 11 is 0. The average Bonchev–Trinajstić information content (AvgIpc) is 2.99. The zero-order valence-corrected chi connectivity index (χ0v) is 9.27. The Labute approximate surface area is 90.6 Å². The van der Waals surface area contributed by atoms with Gasteiger partial charge in [-0.05, 0) is 37.5 Å². The van der Waals surface area contributed by atoms with E-state index in [1.165, 1.54) is 5.56 Å². The molecular formula is C12H17N3. The van der Waals surface area contributed by atoms with Gasteiger partial charge in [0.2, 0.25) is 0 Å². The first-order valence-electron chi connectivity index (χ1n) is 5.27. The van der Waals surface area contributed by atoms with Gasteiger partial charge in [-0.3, -0.25) is 5.01 Å². The second-order valence-corrected chi connectivity index (χ2v) is 4.10. The molecule has 15 heavy (non-hydrogen) atoms. The second kappa shape index (κ2) is 3.66. The molecule has 1 aliphatic carbocycles. The molecule has 3 heteroatoms. The lowest BCUT2D eigenvalue weighted by atomic mass is 10.1. The monoisotopic (exact) mass is 203 g/mol. The van der Waals surface area contributed by atoms with E-state index in [1.807, 2.05) is 31.1 Å². The third-order valence-corrected chi connectivity index (χ3v) is 2.87. The van der Waals surface area contributed by atoms with Crippen molar-refractivity contribution in [3.05, 3.63) is 29.8 Å². The van der Waals surface area contributed by atoms with Crippen LogP contribution in [0, 0.1) is 0 Å². The summed E-state index contributed by atoms with van der Waals surface area (Å²) in [7, 11) is 1.94. The summed E-state index contributed by atoms with van der Waals surface area (Å²) in [6, 6.07) is 8.31. The fourth-order valence-corrected chi connectivity index (χ4v) is 1.68. The maximum absolute atomic E-state index is 6.15. The number of anilines is 1. The molecule has 1 aromatic rings. The van der Waals surface area contributed by atoms with Gasteiger partial charge in [0.15, 0.2) is 0 Å². The summed E-state index contributed by atoms with van der Waals surface area (Å²) in [5.41, 5.74) is 8.40. The molecule has 1 saturated carbocycles. The molecule has 3 nitrogen and oxygen atoms in total. The molecule has 1 aliphatic rings. The minimum absolute atomic E-state index is 0.0627. The van der Waals surface area contributed by atoms with Crippen molar-refractivity contribution in [2.45, 2.75) is 25.3 Å². The summed E-state index contributed by atoms with van der Waals surface area (Å²) in [6.45, 7) is 1.91. The Balaban J connectivity index is 2.26. The number of hydrazone groups is 1. The maximum atomic E-state index is 6.15. The van der Waals surface area contributed by atoms with Crippen molar-refractivity contribution >= 4 is 11.9 Å². The highest BCUT2D eigenvalue weighted by atomic mass is 15.4. The van der Waals surface area contributed by atoms with Crippen molar-refractivity contribution in [3.8, 4) is 0 Å². The summed E-state index contributed by atoms with van der Waals surface area (Å²) in [5, 5.41) is 6.06. The van der Waals surface area contributed by atoms with Gasteiger partial charge in [-0.1, -0.05) is 12.1 Å². The van der Waals surface area contributed by atoms with E-state index >= 15 is 0 Å². The van der Waals surface area contributed by atoms with Crippen LogP contribution in [0.2, 0.25) is 0 Å². The second-order valence-electron chi connectivity index (χ2n) is 4.10. The van der Waals surface area contributed by atoms with Crippen LogP contribution in [-0.4, -0.2) is 13.3 Å². The molecule has 0 heterocycles. The van der Waals surface area contributed by atoms with Gasteiger partial charge in [0.05, 0.1) is 5.69 Å². The Hall–Kier alpha value is -1.35. The first kappa shape index (κ1) is 10.2. The smallest absolute Gasteiger partial charge is 0.0593 e. The Kier molecular flexibility index (Phi) is 2.49. The standard InChI is InChI=1S/C12H17N3/c1-3-14-15(2)11-6-4-5-10(9-11)12(13)7-8-12/h3-6,9H,7-8,13H2,1-2H3/b14-3-. The van der Waals surface area contributed by atoms with E-state index in [1.54, 1.807) is 6.21 Å². The van der Waals surface area contributed by atoms with Gasteiger partial charge in [-0.2, -0.15) is 5.10 Å². The summed E-state index contributed by atoms with van der Waals surface area (Å²) < 4.78 is 0. The molecule has 0 aromatic heterocycles. The molecule has 0 radical (unpaired) electrons. The Bertz CT molecular complexity index is 380. The molecule has 2 N–H and O–H groups in total. The normalized spacial score (nSPS) is 18.1. The molecule has 0 atom stereocenters. The minimum Gasteiger partial charge on any atom is -0.321 e. The maximum Gasteiger partial charge on any atom is 0.0593 e. The first-order chi connectivity index (χ1) is 7.15. The predicted octanol–water partition coefficient (Wildman–Crippen LogP) is 2.08. The van der Waals surface area contributed by atoms with Gasteiger partial charge in [0.1, 0.15) is 0 Å². The number of hydrogen-bond donors (Lipinski definition) is 1. The molecule has 0 amide bonds. The zero-order valence-electron chi connectivity index (χ0n) is 9.27. The van der Waals surface area contributed by atoms with E-state index in [0.717, 1.165) is 18.5 Å². The molecule has 0 aliphatic heterocycles. The number of hydrogen-bond acceptors (Lipinski definition) is 3. The van der Waals surface area contributed by atoms with E-state index in [9.17, 15) is 0 Å². The van der Waals surface area contributed by atoms with Gasteiger partial charge in [0, 0.05) is 18.8 Å². The quantitative estimate of drug-likeness (QED) is 0.603.